The Morgan fingerprint density at radius 1 is 1.16 bits per heavy atom. The molecule has 0 atom stereocenters. The molecular weight excluding hydrogens is 238 g/mol. The van der Waals surface area contributed by atoms with Crippen LogP contribution < -0.4 is 4.74 Å². The third-order valence-electron chi connectivity index (χ3n) is 2.81. The predicted molar refractivity (Wildman–Crippen MR) is 72.4 cm³/mol. The topological polar surface area (TPSA) is 50.1 Å². The lowest BCUT2D eigenvalue weighted by Crippen LogP contribution is -1.94. The molecule has 2 rings (SSSR count). The van der Waals surface area contributed by atoms with Gasteiger partial charge in [0.05, 0.1) is 5.56 Å². The van der Waals surface area contributed by atoms with Crippen LogP contribution in [-0.4, -0.2) is 5.78 Å². The van der Waals surface area contributed by atoms with E-state index in [1.165, 1.54) is 6.92 Å². The van der Waals surface area contributed by atoms with E-state index in [4.69, 9.17) is 10.00 Å². The molecule has 0 bridgehead atoms. The van der Waals surface area contributed by atoms with Crippen molar-refractivity contribution in [3.8, 4) is 17.6 Å². The molecule has 0 radical (unpaired) electrons. The van der Waals surface area contributed by atoms with E-state index in [9.17, 15) is 4.79 Å². The smallest absolute Gasteiger partial charge is 0.159 e. The number of hydrogen-bond donors (Lipinski definition) is 0. The number of rotatable bonds is 3. The zero-order valence-corrected chi connectivity index (χ0v) is 10.8. The number of hydrogen-bond acceptors (Lipinski definition) is 3. The van der Waals surface area contributed by atoms with E-state index in [0.717, 1.165) is 5.56 Å². The molecule has 0 unspecified atom stereocenters. The Balaban J connectivity index is 2.32. The largest absolute Gasteiger partial charge is 0.456 e. The first-order valence-electron chi connectivity index (χ1n) is 5.90. The van der Waals surface area contributed by atoms with Crippen molar-refractivity contribution in [1.82, 2.24) is 0 Å². The Labute approximate surface area is 112 Å². The molecule has 0 heterocycles. The first kappa shape index (κ1) is 12.8. The molecular formula is C16H13NO2. The number of nitriles is 1. The quantitative estimate of drug-likeness (QED) is 0.778. The van der Waals surface area contributed by atoms with Gasteiger partial charge in [-0.1, -0.05) is 12.1 Å². The minimum absolute atomic E-state index is 0.0140. The normalized spacial score (nSPS) is 9.74. The van der Waals surface area contributed by atoms with Crippen LogP contribution in [0.5, 0.6) is 11.5 Å². The van der Waals surface area contributed by atoms with Crippen LogP contribution in [0.15, 0.2) is 42.5 Å². The lowest BCUT2D eigenvalue weighted by atomic mass is 10.1. The zero-order valence-electron chi connectivity index (χ0n) is 10.8. The molecule has 0 aromatic heterocycles. The van der Waals surface area contributed by atoms with Gasteiger partial charge in [0, 0.05) is 5.56 Å². The van der Waals surface area contributed by atoms with Gasteiger partial charge in [0.15, 0.2) is 5.78 Å². The SMILES string of the molecule is CC(=O)c1ccc(Oc2c(C)cccc2C#N)cc1. The maximum atomic E-state index is 11.2. The first-order valence-corrected chi connectivity index (χ1v) is 5.90. The summed E-state index contributed by atoms with van der Waals surface area (Å²) < 4.78 is 5.73. The summed E-state index contributed by atoms with van der Waals surface area (Å²) in [4.78, 5) is 11.2. The summed E-state index contributed by atoms with van der Waals surface area (Å²) in [5, 5.41) is 9.06. The molecule has 0 fully saturated rings. The third-order valence-corrected chi connectivity index (χ3v) is 2.81. The summed E-state index contributed by atoms with van der Waals surface area (Å²) in [5.74, 6) is 1.18. The summed E-state index contributed by atoms with van der Waals surface area (Å²) in [6.07, 6.45) is 0. The van der Waals surface area contributed by atoms with Gasteiger partial charge in [0.2, 0.25) is 0 Å². The van der Waals surface area contributed by atoms with E-state index in [-0.39, 0.29) is 5.78 Å². The Morgan fingerprint density at radius 3 is 2.42 bits per heavy atom. The van der Waals surface area contributed by atoms with Crippen molar-refractivity contribution >= 4 is 5.78 Å². The molecule has 19 heavy (non-hydrogen) atoms. The number of ketones is 1. The van der Waals surface area contributed by atoms with Crippen LogP contribution in [0, 0.1) is 18.3 Å². The number of carbonyl (C=O) groups is 1. The minimum atomic E-state index is 0.0140. The van der Waals surface area contributed by atoms with Gasteiger partial charge in [0.1, 0.15) is 17.6 Å². The van der Waals surface area contributed by atoms with Crippen molar-refractivity contribution in [2.24, 2.45) is 0 Å². The van der Waals surface area contributed by atoms with Crippen LogP contribution >= 0.6 is 0 Å². The highest BCUT2D eigenvalue weighted by molar-refractivity contribution is 5.94. The average Bonchev–Trinajstić information content (AvgIpc) is 2.41. The van der Waals surface area contributed by atoms with Crippen LogP contribution in [0.2, 0.25) is 0 Å². The standard InChI is InChI=1S/C16H13NO2/c1-11-4-3-5-14(10-17)16(11)19-15-8-6-13(7-9-15)12(2)18/h3-9H,1-2H3. The Bertz CT molecular complexity index is 651. The minimum Gasteiger partial charge on any atom is -0.456 e. The summed E-state index contributed by atoms with van der Waals surface area (Å²) in [5.41, 5.74) is 2.03. The van der Waals surface area contributed by atoms with Crippen LogP contribution in [-0.2, 0) is 0 Å². The van der Waals surface area contributed by atoms with Gasteiger partial charge in [-0.05, 0) is 49.7 Å². The summed E-state index contributed by atoms with van der Waals surface area (Å²) >= 11 is 0. The van der Waals surface area contributed by atoms with E-state index >= 15 is 0 Å². The summed E-state index contributed by atoms with van der Waals surface area (Å²) in [6.45, 7) is 3.41. The fourth-order valence-electron chi connectivity index (χ4n) is 1.75. The second-order valence-electron chi connectivity index (χ2n) is 4.25. The van der Waals surface area contributed by atoms with Crippen LogP contribution in [0.3, 0.4) is 0 Å². The van der Waals surface area contributed by atoms with Gasteiger partial charge in [-0.3, -0.25) is 4.79 Å². The molecule has 2 aromatic rings. The molecule has 0 amide bonds. The monoisotopic (exact) mass is 251 g/mol. The lowest BCUT2D eigenvalue weighted by Gasteiger charge is -2.10. The molecule has 94 valence electrons. The number of aryl methyl sites for hydroxylation is 1. The van der Waals surface area contributed by atoms with Crippen molar-refractivity contribution in [2.45, 2.75) is 13.8 Å². The maximum absolute atomic E-state index is 11.2. The predicted octanol–water partition coefficient (Wildman–Crippen LogP) is 3.86. The second-order valence-corrected chi connectivity index (χ2v) is 4.25. The number of benzene rings is 2. The van der Waals surface area contributed by atoms with E-state index < -0.39 is 0 Å². The van der Waals surface area contributed by atoms with Crippen molar-refractivity contribution in [2.75, 3.05) is 0 Å². The number of nitrogens with zero attached hydrogens (tertiary/aromatic N) is 1. The molecule has 0 aliphatic rings. The van der Waals surface area contributed by atoms with Gasteiger partial charge in [-0.15, -0.1) is 0 Å². The average molecular weight is 251 g/mol. The summed E-state index contributed by atoms with van der Waals surface area (Å²) in [7, 11) is 0. The first-order chi connectivity index (χ1) is 9.11. The highest BCUT2D eigenvalue weighted by Crippen LogP contribution is 2.28. The van der Waals surface area contributed by atoms with Gasteiger partial charge in [0.25, 0.3) is 0 Å². The molecule has 0 N–H and O–H groups in total. The van der Waals surface area contributed by atoms with Crippen LogP contribution in [0.4, 0.5) is 0 Å². The van der Waals surface area contributed by atoms with E-state index in [0.29, 0.717) is 22.6 Å². The fourth-order valence-corrected chi connectivity index (χ4v) is 1.75. The van der Waals surface area contributed by atoms with Crippen molar-refractivity contribution in [1.29, 1.82) is 5.26 Å². The Hall–Kier alpha value is -2.60. The highest BCUT2D eigenvalue weighted by Gasteiger charge is 2.08. The molecule has 0 spiro atoms. The molecule has 3 heteroatoms. The van der Waals surface area contributed by atoms with E-state index in [1.807, 2.05) is 19.1 Å². The van der Waals surface area contributed by atoms with Crippen LogP contribution in [0.1, 0.15) is 28.4 Å². The third kappa shape index (κ3) is 2.80. The Kier molecular flexibility index (Phi) is 3.63. The van der Waals surface area contributed by atoms with Gasteiger partial charge in [-0.2, -0.15) is 5.26 Å². The lowest BCUT2D eigenvalue weighted by molar-refractivity contribution is 0.101. The summed E-state index contributed by atoms with van der Waals surface area (Å²) in [6, 6.07) is 14.4. The fraction of sp³-hybridized carbons (Fsp3) is 0.125. The molecule has 3 nitrogen and oxygen atoms in total. The molecule has 0 saturated carbocycles. The second kappa shape index (κ2) is 5.36. The van der Waals surface area contributed by atoms with Crippen LogP contribution in [0.25, 0.3) is 0 Å². The van der Waals surface area contributed by atoms with Gasteiger partial charge < -0.3 is 4.74 Å². The number of para-hydroxylation sites is 1. The van der Waals surface area contributed by atoms with Crippen molar-refractivity contribution in [3.05, 3.63) is 59.2 Å². The van der Waals surface area contributed by atoms with Gasteiger partial charge in [-0.25, -0.2) is 0 Å². The number of Topliss-reactive ketones (excluding diaryl/α,β-unsaturated/α-hetero) is 1. The number of ether oxygens (including phenoxy) is 1. The van der Waals surface area contributed by atoms with Crippen molar-refractivity contribution in [3.63, 3.8) is 0 Å². The maximum Gasteiger partial charge on any atom is 0.159 e. The van der Waals surface area contributed by atoms with Crippen molar-refractivity contribution < 1.29 is 9.53 Å². The molecule has 0 aliphatic carbocycles. The van der Waals surface area contributed by atoms with E-state index in [2.05, 4.69) is 6.07 Å². The molecule has 0 saturated heterocycles. The molecule has 2 aromatic carbocycles. The van der Waals surface area contributed by atoms with Gasteiger partial charge >= 0.3 is 0 Å². The molecule has 0 aliphatic heterocycles. The highest BCUT2D eigenvalue weighted by atomic mass is 16.5. The Morgan fingerprint density at radius 2 is 1.84 bits per heavy atom. The zero-order chi connectivity index (χ0) is 13.8. The van der Waals surface area contributed by atoms with E-state index in [1.54, 1.807) is 30.3 Å². The number of carbonyl (C=O) groups excluding carboxylic acids is 1.